The van der Waals surface area contributed by atoms with Gasteiger partial charge in [-0.15, -0.1) is 0 Å². The lowest BCUT2D eigenvalue weighted by atomic mass is 9.94. The molecule has 1 atom stereocenters. The maximum atomic E-state index is 5.38. The standard InChI is InChI=1S/C11H19NO/c1-9(10-5-7-13-8-10)11-4-2-3-6-12-11/h11-12H,2-8H2,1H3/b10-9+. The minimum Gasteiger partial charge on any atom is -0.377 e. The smallest absolute Gasteiger partial charge is 0.0680 e. The highest BCUT2D eigenvalue weighted by Crippen LogP contribution is 2.22. The summed E-state index contributed by atoms with van der Waals surface area (Å²) in [6.45, 7) is 5.27. The maximum Gasteiger partial charge on any atom is 0.0680 e. The number of nitrogens with one attached hydrogen (secondary N) is 1. The first-order valence-electron chi connectivity index (χ1n) is 5.37. The normalized spacial score (nSPS) is 33.5. The van der Waals surface area contributed by atoms with E-state index in [0.29, 0.717) is 6.04 Å². The molecule has 1 unspecified atom stereocenters. The molecule has 1 N–H and O–H groups in total. The average Bonchev–Trinajstić information content (AvgIpc) is 2.71. The van der Waals surface area contributed by atoms with Gasteiger partial charge in [0.05, 0.1) is 13.2 Å². The number of hydrogen-bond acceptors (Lipinski definition) is 2. The van der Waals surface area contributed by atoms with Crippen molar-refractivity contribution in [1.82, 2.24) is 5.32 Å². The summed E-state index contributed by atoms with van der Waals surface area (Å²) in [7, 11) is 0. The van der Waals surface area contributed by atoms with E-state index in [1.807, 2.05) is 0 Å². The van der Waals surface area contributed by atoms with Crippen molar-refractivity contribution in [2.45, 2.75) is 38.6 Å². The van der Waals surface area contributed by atoms with Crippen molar-refractivity contribution in [2.24, 2.45) is 0 Å². The Morgan fingerprint density at radius 3 is 3.00 bits per heavy atom. The Bertz CT molecular complexity index is 196. The highest BCUT2D eigenvalue weighted by molar-refractivity contribution is 5.20. The molecule has 2 aliphatic heterocycles. The van der Waals surface area contributed by atoms with Crippen LogP contribution < -0.4 is 5.32 Å². The summed E-state index contributed by atoms with van der Waals surface area (Å²) >= 11 is 0. The largest absolute Gasteiger partial charge is 0.377 e. The van der Waals surface area contributed by atoms with Gasteiger partial charge in [0, 0.05) is 6.04 Å². The molecule has 0 radical (unpaired) electrons. The van der Waals surface area contributed by atoms with E-state index in [-0.39, 0.29) is 0 Å². The van der Waals surface area contributed by atoms with Gasteiger partial charge in [-0.05, 0) is 38.3 Å². The van der Waals surface area contributed by atoms with Gasteiger partial charge >= 0.3 is 0 Å². The van der Waals surface area contributed by atoms with Gasteiger partial charge in [-0.1, -0.05) is 12.0 Å². The highest BCUT2D eigenvalue weighted by Gasteiger charge is 2.19. The van der Waals surface area contributed by atoms with Gasteiger partial charge in [-0.3, -0.25) is 0 Å². The fourth-order valence-electron chi connectivity index (χ4n) is 2.24. The van der Waals surface area contributed by atoms with Gasteiger partial charge in [0.15, 0.2) is 0 Å². The van der Waals surface area contributed by atoms with E-state index in [2.05, 4.69) is 12.2 Å². The van der Waals surface area contributed by atoms with Crippen LogP contribution in [0.5, 0.6) is 0 Å². The molecule has 0 aromatic rings. The molecule has 2 saturated heterocycles. The van der Waals surface area contributed by atoms with Crippen LogP contribution in [0.2, 0.25) is 0 Å². The second-order valence-corrected chi connectivity index (χ2v) is 4.09. The second kappa shape index (κ2) is 4.25. The van der Waals surface area contributed by atoms with Crippen LogP contribution in [0.1, 0.15) is 32.6 Å². The predicted octanol–water partition coefficient (Wildman–Crippen LogP) is 1.87. The number of hydrogen-bond donors (Lipinski definition) is 1. The van der Waals surface area contributed by atoms with E-state index in [1.54, 1.807) is 11.1 Å². The van der Waals surface area contributed by atoms with Gasteiger partial charge in [-0.2, -0.15) is 0 Å². The van der Waals surface area contributed by atoms with Crippen molar-refractivity contribution in [3.63, 3.8) is 0 Å². The first-order chi connectivity index (χ1) is 6.38. The molecular formula is C11H19NO. The molecular weight excluding hydrogens is 162 g/mol. The van der Waals surface area contributed by atoms with Gasteiger partial charge in [0.2, 0.25) is 0 Å². The van der Waals surface area contributed by atoms with E-state index >= 15 is 0 Å². The van der Waals surface area contributed by atoms with Crippen LogP contribution >= 0.6 is 0 Å². The molecule has 2 aliphatic rings. The van der Waals surface area contributed by atoms with Crippen LogP contribution in [-0.4, -0.2) is 25.8 Å². The van der Waals surface area contributed by atoms with E-state index in [0.717, 1.165) is 19.6 Å². The van der Waals surface area contributed by atoms with E-state index in [1.165, 1.54) is 25.8 Å². The fraction of sp³-hybridized carbons (Fsp3) is 0.818. The van der Waals surface area contributed by atoms with E-state index in [4.69, 9.17) is 4.74 Å². The van der Waals surface area contributed by atoms with Gasteiger partial charge in [0.25, 0.3) is 0 Å². The lowest BCUT2D eigenvalue weighted by Gasteiger charge is -2.25. The monoisotopic (exact) mass is 181 g/mol. The molecule has 2 heteroatoms. The summed E-state index contributed by atoms with van der Waals surface area (Å²) in [6, 6.07) is 0.644. The van der Waals surface area contributed by atoms with E-state index < -0.39 is 0 Å². The van der Waals surface area contributed by atoms with Crippen LogP contribution in [0, 0.1) is 0 Å². The van der Waals surface area contributed by atoms with Crippen LogP contribution in [0.25, 0.3) is 0 Å². The minimum atomic E-state index is 0.644. The van der Waals surface area contributed by atoms with Crippen molar-refractivity contribution >= 4 is 0 Å². The summed E-state index contributed by atoms with van der Waals surface area (Å²) in [5.74, 6) is 0. The van der Waals surface area contributed by atoms with E-state index in [9.17, 15) is 0 Å². The second-order valence-electron chi connectivity index (χ2n) is 4.09. The Labute approximate surface area is 80.4 Å². The van der Waals surface area contributed by atoms with Crippen molar-refractivity contribution in [1.29, 1.82) is 0 Å². The summed E-state index contributed by atoms with van der Waals surface area (Å²) < 4.78 is 5.38. The predicted molar refractivity (Wildman–Crippen MR) is 53.8 cm³/mol. The Kier molecular flexibility index (Phi) is 3.01. The van der Waals surface area contributed by atoms with Crippen molar-refractivity contribution in [3.05, 3.63) is 11.1 Å². The first-order valence-corrected chi connectivity index (χ1v) is 5.37. The third kappa shape index (κ3) is 2.12. The van der Waals surface area contributed by atoms with Crippen LogP contribution in [0.4, 0.5) is 0 Å². The quantitative estimate of drug-likeness (QED) is 0.623. The molecule has 0 aliphatic carbocycles. The molecule has 0 aromatic carbocycles. The van der Waals surface area contributed by atoms with Crippen LogP contribution in [0.15, 0.2) is 11.1 Å². The highest BCUT2D eigenvalue weighted by atomic mass is 16.5. The molecule has 0 saturated carbocycles. The zero-order chi connectivity index (χ0) is 9.10. The molecule has 74 valence electrons. The van der Waals surface area contributed by atoms with Crippen LogP contribution in [-0.2, 0) is 4.74 Å². The number of ether oxygens (including phenoxy) is 1. The zero-order valence-corrected chi connectivity index (χ0v) is 8.44. The topological polar surface area (TPSA) is 21.3 Å². The molecule has 0 amide bonds. The lowest BCUT2D eigenvalue weighted by molar-refractivity contribution is 0.204. The number of rotatable bonds is 1. The molecule has 0 bridgehead atoms. The zero-order valence-electron chi connectivity index (χ0n) is 8.44. The molecule has 2 rings (SSSR count). The molecule has 0 spiro atoms. The molecule has 2 heterocycles. The molecule has 2 fully saturated rings. The Morgan fingerprint density at radius 1 is 1.46 bits per heavy atom. The molecule has 2 nitrogen and oxygen atoms in total. The Hall–Kier alpha value is -0.340. The van der Waals surface area contributed by atoms with Crippen molar-refractivity contribution < 1.29 is 4.74 Å². The Balaban J connectivity index is 2.00. The minimum absolute atomic E-state index is 0.644. The summed E-state index contributed by atoms with van der Waals surface area (Å²) in [4.78, 5) is 0. The van der Waals surface area contributed by atoms with Crippen LogP contribution in [0.3, 0.4) is 0 Å². The van der Waals surface area contributed by atoms with Crippen molar-refractivity contribution in [3.8, 4) is 0 Å². The van der Waals surface area contributed by atoms with Gasteiger partial charge in [0.1, 0.15) is 0 Å². The van der Waals surface area contributed by atoms with Gasteiger partial charge in [-0.25, -0.2) is 0 Å². The summed E-state index contributed by atoms with van der Waals surface area (Å²) in [6.07, 6.45) is 5.19. The number of piperidine rings is 1. The maximum absolute atomic E-state index is 5.38. The lowest BCUT2D eigenvalue weighted by Crippen LogP contribution is -2.35. The van der Waals surface area contributed by atoms with Gasteiger partial charge < -0.3 is 10.1 Å². The SMILES string of the molecule is C/C(=C1/CCOC1)C1CCCCN1. The Morgan fingerprint density at radius 2 is 2.38 bits per heavy atom. The third-order valence-corrected chi connectivity index (χ3v) is 3.22. The average molecular weight is 181 g/mol. The third-order valence-electron chi connectivity index (χ3n) is 3.22. The molecule has 0 aromatic heterocycles. The first kappa shape index (κ1) is 9.22. The summed E-state index contributed by atoms with van der Waals surface area (Å²) in [5, 5.41) is 3.58. The summed E-state index contributed by atoms with van der Waals surface area (Å²) in [5.41, 5.74) is 3.09. The molecule has 13 heavy (non-hydrogen) atoms. The fourth-order valence-corrected chi connectivity index (χ4v) is 2.24. The van der Waals surface area contributed by atoms with Crippen molar-refractivity contribution in [2.75, 3.05) is 19.8 Å².